The van der Waals surface area contributed by atoms with Gasteiger partial charge in [-0.25, -0.2) is 0 Å². The fraction of sp³-hybridized carbons (Fsp3) is 0.308. The quantitative estimate of drug-likeness (QED) is 0.901. The lowest BCUT2D eigenvalue weighted by molar-refractivity contribution is 0.174. The second kappa shape index (κ2) is 4.25. The van der Waals surface area contributed by atoms with E-state index in [4.69, 9.17) is 9.47 Å². The first-order chi connectivity index (χ1) is 8.72. The van der Waals surface area contributed by atoms with Gasteiger partial charge in [0.15, 0.2) is 11.5 Å². The molecular formula is C13H15N3O2. The molecule has 0 saturated heterocycles. The molecule has 0 fully saturated rings. The van der Waals surface area contributed by atoms with Gasteiger partial charge in [0.1, 0.15) is 5.82 Å². The van der Waals surface area contributed by atoms with E-state index in [1.807, 2.05) is 37.5 Å². The zero-order valence-corrected chi connectivity index (χ0v) is 10.4. The van der Waals surface area contributed by atoms with Crippen LogP contribution in [0.25, 0.3) is 0 Å². The molecule has 0 amide bonds. The Labute approximate surface area is 105 Å². The first-order valence-corrected chi connectivity index (χ1v) is 5.88. The molecule has 1 aromatic heterocycles. The maximum absolute atomic E-state index is 5.37. The van der Waals surface area contributed by atoms with Crippen LogP contribution in [0.1, 0.15) is 18.5 Å². The second-order valence-corrected chi connectivity index (χ2v) is 4.35. The highest BCUT2D eigenvalue weighted by Gasteiger charge is 2.15. The maximum atomic E-state index is 5.37. The SMILES string of the molecule is CC(Nc1ccn(C)n1)c1ccc2c(c1)OCO2. The Balaban J connectivity index is 1.78. The van der Waals surface area contributed by atoms with Crippen LogP contribution in [0.3, 0.4) is 0 Å². The zero-order chi connectivity index (χ0) is 12.5. The smallest absolute Gasteiger partial charge is 0.231 e. The predicted molar refractivity (Wildman–Crippen MR) is 67.8 cm³/mol. The molecule has 1 aliphatic rings. The number of nitrogens with one attached hydrogen (secondary N) is 1. The fourth-order valence-corrected chi connectivity index (χ4v) is 1.98. The molecule has 5 heteroatoms. The van der Waals surface area contributed by atoms with E-state index in [9.17, 15) is 0 Å². The maximum Gasteiger partial charge on any atom is 0.231 e. The number of ether oxygens (including phenoxy) is 2. The highest BCUT2D eigenvalue weighted by atomic mass is 16.7. The lowest BCUT2D eigenvalue weighted by atomic mass is 10.1. The summed E-state index contributed by atoms with van der Waals surface area (Å²) >= 11 is 0. The van der Waals surface area contributed by atoms with Crippen molar-refractivity contribution in [2.45, 2.75) is 13.0 Å². The van der Waals surface area contributed by atoms with E-state index in [2.05, 4.69) is 17.3 Å². The number of aromatic nitrogens is 2. The standard InChI is InChI=1S/C13H15N3O2/c1-9(14-13-5-6-16(2)15-13)10-3-4-11-12(7-10)18-8-17-11/h3-7,9H,8H2,1-2H3,(H,14,15). The van der Waals surface area contributed by atoms with Crippen LogP contribution >= 0.6 is 0 Å². The molecule has 2 heterocycles. The van der Waals surface area contributed by atoms with E-state index in [0.717, 1.165) is 22.9 Å². The van der Waals surface area contributed by atoms with E-state index in [-0.39, 0.29) is 6.04 Å². The van der Waals surface area contributed by atoms with Crippen LogP contribution in [-0.4, -0.2) is 16.6 Å². The van der Waals surface area contributed by atoms with Gasteiger partial charge in [-0.3, -0.25) is 4.68 Å². The summed E-state index contributed by atoms with van der Waals surface area (Å²) in [4.78, 5) is 0. The molecule has 94 valence electrons. The van der Waals surface area contributed by atoms with Gasteiger partial charge in [-0.15, -0.1) is 0 Å². The third-order valence-electron chi connectivity index (χ3n) is 2.97. The minimum atomic E-state index is 0.161. The lowest BCUT2D eigenvalue weighted by Gasteiger charge is -2.14. The average Bonchev–Trinajstić information content (AvgIpc) is 2.96. The average molecular weight is 245 g/mol. The van der Waals surface area contributed by atoms with Gasteiger partial charge < -0.3 is 14.8 Å². The van der Waals surface area contributed by atoms with Crippen molar-refractivity contribution < 1.29 is 9.47 Å². The van der Waals surface area contributed by atoms with E-state index in [1.54, 1.807) is 4.68 Å². The molecule has 1 aromatic carbocycles. The summed E-state index contributed by atoms with van der Waals surface area (Å²) in [5, 5.41) is 7.64. The molecule has 3 rings (SSSR count). The van der Waals surface area contributed by atoms with Crippen molar-refractivity contribution in [3.8, 4) is 11.5 Å². The number of rotatable bonds is 3. The third-order valence-corrected chi connectivity index (χ3v) is 2.97. The minimum Gasteiger partial charge on any atom is -0.454 e. The molecule has 1 unspecified atom stereocenters. The molecule has 2 aromatic rings. The highest BCUT2D eigenvalue weighted by Crippen LogP contribution is 2.34. The van der Waals surface area contributed by atoms with Gasteiger partial charge in [0.05, 0.1) is 6.04 Å². The van der Waals surface area contributed by atoms with Crippen molar-refractivity contribution in [3.05, 3.63) is 36.0 Å². The molecule has 18 heavy (non-hydrogen) atoms. The monoisotopic (exact) mass is 245 g/mol. The number of benzene rings is 1. The van der Waals surface area contributed by atoms with Gasteiger partial charge in [0.2, 0.25) is 6.79 Å². The third kappa shape index (κ3) is 1.99. The van der Waals surface area contributed by atoms with Crippen molar-refractivity contribution in [1.82, 2.24) is 9.78 Å². The first-order valence-electron chi connectivity index (χ1n) is 5.88. The molecule has 1 N–H and O–H groups in total. The molecule has 0 aliphatic carbocycles. The van der Waals surface area contributed by atoms with Gasteiger partial charge in [0, 0.05) is 19.3 Å². The first kappa shape index (κ1) is 11.0. The summed E-state index contributed by atoms with van der Waals surface area (Å²) in [7, 11) is 1.90. The Morgan fingerprint density at radius 1 is 1.28 bits per heavy atom. The Kier molecular flexibility index (Phi) is 2.59. The number of hydrogen-bond donors (Lipinski definition) is 1. The predicted octanol–water partition coefficient (Wildman–Crippen LogP) is 2.32. The van der Waals surface area contributed by atoms with E-state index in [0.29, 0.717) is 6.79 Å². The van der Waals surface area contributed by atoms with Crippen molar-refractivity contribution in [3.63, 3.8) is 0 Å². The van der Waals surface area contributed by atoms with Gasteiger partial charge >= 0.3 is 0 Å². The van der Waals surface area contributed by atoms with Crippen LogP contribution in [0.5, 0.6) is 11.5 Å². The van der Waals surface area contributed by atoms with Gasteiger partial charge in [0.25, 0.3) is 0 Å². The second-order valence-electron chi connectivity index (χ2n) is 4.35. The summed E-state index contributed by atoms with van der Waals surface area (Å²) in [6.07, 6.45) is 1.91. The number of fused-ring (bicyclic) bond motifs is 1. The number of anilines is 1. The normalized spacial score (nSPS) is 14.6. The Hall–Kier alpha value is -2.17. The number of nitrogens with zero attached hydrogens (tertiary/aromatic N) is 2. The Morgan fingerprint density at radius 3 is 2.89 bits per heavy atom. The van der Waals surface area contributed by atoms with Crippen LogP contribution in [0, 0.1) is 0 Å². The fourth-order valence-electron chi connectivity index (χ4n) is 1.98. The molecule has 0 saturated carbocycles. The lowest BCUT2D eigenvalue weighted by Crippen LogP contribution is -2.07. The Bertz CT molecular complexity index is 565. The largest absolute Gasteiger partial charge is 0.454 e. The molecule has 1 aliphatic heterocycles. The minimum absolute atomic E-state index is 0.161. The van der Waals surface area contributed by atoms with E-state index in [1.165, 1.54) is 0 Å². The van der Waals surface area contributed by atoms with Gasteiger partial charge in [-0.2, -0.15) is 5.10 Å². The summed E-state index contributed by atoms with van der Waals surface area (Å²) in [6, 6.07) is 8.09. The van der Waals surface area contributed by atoms with Crippen molar-refractivity contribution in [2.75, 3.05) is 12.1 Å². The number of aryl methyl sites for hydroxylation is 1. The van der Waals surface area contributed by atoms with E-state index >= 15 is 0 Å². The van der Waals surface area contributed by atoms with E-state index < -0.39 is 0 Å². The molecule has 1 atom stereocenters. The molecule has 0 radical (unpaired) electrons. The van der Waals surface area contributed by atoms with Crippen molar-refractivity contribution in [2.24, 2.45) is 7.05 Å². The summed E-state index contributed by atoms with van der Waals surface area (Å²) in [5.74, 6) is 2.48. The molecule has 5 nitrogen and oxygen atoms in total. The summed E-state index contributed by atoms with van der Waals surface area (Å²) < 4.78 is 12.4. The summed E-state index contributed by atoms with van der Waals surface area (Å²) in [5.41, 5.74) is 1.14. The van der Waals surface area contributed by atoms with Crippen LogP contribution < -0.4 is 14.8 Å². The number of hydrogen-bond acceptors (Lipinski definition) is 4. The molecule has 0 spiro atoms. The van der Waals surface area contributed by atoms with Gasteiger partial charge in [-0.1, -0.05) is 6.07 Å². The Morgan fingerprint density at radius 2 is 2.11 bits per heavy atom. The molecular weight excluding hydrogens is 230 g/mol. The van der Waals surface area contributed by atoms with Crippen LogP contribution in [0.4, 0.5) is 5.82 Å². The topological polar surface area (TPSA) is 48.3 Å². The molecule has 0 bridgehead atoms. The van der Waals surface area contributed by atoms with Crippen molar-refractivity contribution in [1.29, 1.82) is 0 Å². The van der Waals surface area contributed by atoms with Crippen LogP contribution in [0.2, 0.25) is 0 Å². The van der Waals surface area contributed by atoms with Crippen LogP contribution in [0.15, 0.2) is 30.5 Å². The zero-order valence-electron chi connectivity index (χ0n) is 10.4. The van der Waals surface area contributed by atoms with Gasteiger partial charge in [-0.05, 0) is 24.6 Å². The highest BCUT2D eigenvalue weighted by molar-refractivity contribution is 5.47. The van der Waals surface area contributed by atoms with Crippen molar-refractivity contribution >= 4 is 5.82 Å². The van der Waals surface area contributed by atoms with Crippen LogP contribution in [-0.2, 0) is 7.05 Å². The summed E-state index contributed by atoms with van der Waals surface area (Å²) in [6.45, 7) is 2.40.